The average Bonchev–Trinajstić information content (AvgIpc) is 2.83. The van der Waals surface area contributed by atoms with Crippen LogP contribution in [0.5, 0.6) is 0 Å². The van der Waals surface area contributed by atoms with Crippen LogP contribution in [-0.4, -0.2) is 11.6 Å². The van der Waals surface area contributed by atoms with E-state index in [1.165, 1.54) is 32.1 Å². The summed E-state index contributed by atoms with van der Waals surface area (Å²) in [4.78, 5) is 12.1. The Bertz CT molecular complexity index is 559. The van der Waals surface area contributed by atoms with Crippen LogP contribution in [0.3, 0.4) is 0 Å². The third-order valence-electron chi connectivity index (χ3n) is 4.97. The van der Waals surface area contributed by atoms with Gasteiger partial charge in [-0.3, -0.25) is 4.79 Å². The molecule has 1 aromatic rings. The van der Waals surface area contributed by atoms with Crippen molar-refractivity contribution < 1.29 is 9.21 Å². The van der Waals surface area contributed by atoms with E-state index >= 15 is 0 Å². The Morgan fingerprint density at radius 2 is 2.00 bits per heavy atom. The van der Waals surface area contributed by atoms with E-state index in [2.05, 4.69) is 10.5 Å². The summed E-state index contributed by atoms with van der Waals surface area (Å²) in [6, 6.07) is 1.77. The number of amides is 1. The fourth-order valence-corrected chi connectivity index (χ4v) is 3.84. The molecule has 1 heterocycles. The second-order valence-corrected chi connectivity index (χ2v) is 6.49. The van der Waals surface area contributed by atoms with Gasteiger partial charge in [-0.05, 0) is 57.4 Å². The van der Waals surface area contributed by atoms with Gasteiger partial charge in [-0.1, -0.05) is 19.3 Å². The lowest BCUT2D eigenvalue weighted by Crippen LogP contribution is -2.29. The molecule has 4 nitrogen and oxygen atoms in total. The van der Waals surface area contributed by atoms with Crippen LogP contribution in [0.2, 0.25) is 0 Å². The summed E-state index contributed by atoms with van der Waals surface area (Å²) in [6.45, 7) is 3.66. The molecule has 3 rings (SSSR count). The van der Waals surface area contributed by atoms with Crippen LogP contribution in [0.1, 0.15) is 66.8 Å². The molecule has 2 fully saturated rings. The zero-order valence-electron chi connectivity index (χ0n) is 12.9. The molecule has 0 aliphatic heterocycles. The molecule has 2 atom stereocenters. The Morgan fingerprint density at radius 1 is 1.24 bits per heavy atom. The molecule has 114 valence electrons. The number of rotatable bonds is 2. The van der Waals surface area contributed by atoms with Crippen molar-refractivity contribution >= 4 is 11.6 Å². The Hall–Kier alpha value is -1.58. The smallest absolute Gasteiger partial charge is 0.274 e. The zero-order valence-corrected chi connectivity index (χ0v) is 12.9. The van der Waals surface area contributed by atoms with E-state index in [4.69, 9.17) is 4.42 Å². The molecule has 0 aromatic carbocycles. The topological polar surface area (TPSA) is 54.6 Å². The summed E-state index contributed by atoms with van der Waals surface area (Å²) in [5.41, 5.74) is 4.45. The lowest BCUT2D eigenvalue weighted by atomic mass is 9.70. The van der Waals surface area contributed by atoms with Crippen molar-refractivity contribution in [1.82, 2.24) is 5.43 Å². The highest BCUT2D eigenvalue weighted by molar-refractivity contribution is 5.96. The second kappa shape index (κ2) is 6.04. The number of furan rings is 1. The Kier molecular flexibility index (Phi) is 4.13. The van der Waals surface area contributed by atoms with Crippen LogP contribution in [0.4, 0.5) is 0 Å². The van der Waals surface area contributed by atoms with Crippen molar-refractivity contribution in [3.8, 4) is 0 Å². The molecule has 4 heteroatoms. The first kappa shape index (κ1) is 14.4. The van der Waals surface area contributed by atoms with E-state index in [-0.39, 0.29) is 5.91 Å². The molecule has 2 saturated carbocycles. The molecule has 21 heavy (non-hydrogen) atoms. The van der Waals surface area contributed by atoms with Crippen molar-refractivity contribution in [2.45, 2.75) is 58.8 Å². The van der Waals surface area contributed by atoms with Gasteiger partial charge in [-0.2, -0.15) is 5.10 Å². The van der Waals surface area contributed by atoms with Gasteiger partial charge in [0.05, 0.1) is 5.56 Å². The molecule has 0 radical (unpaired) electrons. The first-order valence-electron chi connectivity index (χ1n) is 8.06. The fourth-order valence-electron chi connectivity index (χ4n) is 3.84. The SMILES string of the molecule is Cc1cc(C(=O)N/N=C2/CC[C@@H]3CCCC[C@@H]3C2)c(C)o1. The number of carbonyl (C=O) groups excluding carboxylic acids is 1. The number of hydrazone groups is 1. The van der Waals surface area contributed by atoms with Gasteiger partial charge in [0.2, 0.25) is 0 Å². The molecule has 1 aromatic heterocycles. The Balaban J connectivity index is 1.61. The predicted octanol–water partition coefficient (Wildman–Crippen LogP) is 3.97. The summed E-state index contributed by atoms with van der Waals surface area (Å²) in [7, 11) is 0. The molecule has 0 spiro atoms. The van der Waals surface area contributed by atoms with Gasteiger partial charge < -0.3 is 4.42 Å². The Morgan fingerprint density at radius 3 is 2.71 bits per heavy atom. The minimum Gasteiger partial charge on any atom is -0.466 e. The van der Waals surface area contributed by atoms with Crippen LogP contribution in [0, 0.1) is 25.7 Å². The van der Waals surface area contributed by atoms with E-state index in [0.29, 0.717) is 11.3 Å². The van der Waals surface area contributed by atoms with Crippen molar-refractivity contribution in [2.75, 3.05) is 0 Å². The number of hydrogen-bond donors (Lipinski definition) is 1. The van der Waals surface area contributed by atoms with Crippen LogP contribution < -0.4 is 5.43 Å². The van der Waals surface area contributed by atoms with E-state index < -0.39 is 0 Å². The molecular formula is C17H24N2O2. The van der Waals surface area contributed by atoms with Gasteiger partial charge in [0, 0.05) is 5.71 Å². The molecular weight excluding hydrogens is 264 g/mol. The summed E-state index contributed by atoms with van der Waals surface area (Å²) in [6.07, 6.45) is 8.80. The fraction of sp³-hybridized carbons (Fsp3) is 0.647. The largest absolute Gasteiger partial charge is 0.466 e. The maximum Gasteiger partial charge on any atom is 0.274 e. The highest BCUT2D eigenvalue weighted by atomic mass is 16.3. The lowest BCUT2D eigenvalue weighted by molar-refractivity contribution is 0.0952. The van der Waals surface area contributed by atoms with Crippen molar-refractivity contribution in [1.29, 1.82) is 0 Å². The predicted molar refractivity (Wildman–Crippen MR) is 82.4 cm³/mol. The van der Waals surface area contributed by atoms with E-state index in [1.54, 1.807) is 6.07 Å². The summed E-state index contributed by atoms with van der Waals surface area (Å²) < 4.78 is 5.39. The molecule has 2 aliphatic rings. The van der Waals surface area contributed by atoms with Gasteiger partial charge in [-0.15, -0.1) is 0 Å². The van der Waals surface area contributed by atoms with Gasteiger partial charge in [-0.25, -0.2) is 5.43 Å². The molecule has 0 bridgehead atoms. The van der Waals surface area contributed by atoms with Crippen LogP contribution >= 0.6 is 0 Å². The third kappa shape index (κ3) is 3.20. The molecule has 0 unspecified atom stereocenters. The van der Waals surface area contributed by atoms with E-state index in [0.717, 1.165) is 36.1 Å². The molecule has 2 aliphatic carbocycles. The quantitative estimate of drug-likeness (QED) is 0.837. The van der Waals surface area contributed by atoms with E-state index in [1.807, 2.05) is 13.8 Å². The van der Waals surface area contributed by atoms with Gasteiger partial charge in [0.1, 0.15) is 11.5 Å². The number of nitrogens with one attached hydrogen (secondary N) is 1. The highest BCUT2D eigenvalue weighted by Crippen LogP contribution is 2.39. The number of nitrogens with zero attached hydrogens (tertiary/aromatic N) is 1. The minimum atomic E-state index is -0.164. The van der Waals surface area contributed by atoms with Gasteiger partial charge in [0.15, 0.2) is 0 Å². The maximum absolute atomic E-state index is 12.1. The minimum absolute atomic E-state index is 0.164. The zero-order chi connectivity index (χ0) is 14.8. The van der Waals surface area contributed by atoms with Gasteiger partial charge in [0.25, 0.3) is 5.91 Å². The van der Waals surface area contributed by atoms with Crippen molar-refractivity contribution in [3.63, 3.8) is 0 Å². The maximum atomic E-state index is 12.1. The monoisotopic (exact) mass is 288 g/mol. The second-order valence-electron chi connectivity index (χ2n) is 6.49. The van der Waals surface area contributed by atoms with Crippen LogP contribution in [-0.2, 0) is 0 Å². The highest BCUT2D eigenvalue weighted by Gasteiger charge is 2.30. The van der Waals surface area contributed by atoms with Crippen molar-refractivity contribution in [2.24, 2.45) is 16.9 Å². The number of carbonyl (C=O) groups is 1. The summed E-state index contributed by atoms with van der Waals surface area (Å²) in [5.74, 6) is 2.94. The number of aryl methyl sites for hydroxylation is 2. The van der Waals surface area contributed by atoms with Crippen molar-refractivity contribution in [3.05, 3.63) is 23.2 Å². The number of hydrogen-bond acceptors (Lipinski definition) is 3. The third-order valence-corrected chi connectivity index (χ3v) is 4.97. The first-order chi connectivity index (χ1) is 10.1. The van der Waals surface area contributed by atoms with Gasteiger partial charge >= 0.3 is 0 Å². The summed E-state index contributed by atoms with van der Waals surface area (Å²) in [5, 5.41) is 4.38. The first-order valence-corrected chi connectivity index (χ1v) is 8.06. The normalized spacial score (nSPS) is 27.4. The summed E-state index contributed by atoms with van der Waals surface area (Å²) >= 11 is 0. The van der Waals surface area contributed by atoms with E-state index in [9.17, 15) is 4.79 Å². The standard InChI is InChI=1S/C17H24N2O2/c1-11-9-16(12(2)21-11)17(20)19-18-15-8-7-13-5-3-4-6-14(13)10-15/h9,13-14H,3-8,10H2,1-2H3,(H,19,20)/b18-15-/t13-,14+/m0/s1. The Labute approximate surface area is 126 Å². The van der Waals surface area contributed by atoms with Crippen LogP contribution in [0.25, 0.3) is 0 Å². The number of fused-ring (bicyclic) bond motifs is 1. The molecule has 0 saturated heterocycles. The van der Waals surface area contributed by atoms with Crippen LogP contribution in [0.15, 0.2) is 15.6 Å². The average molecular weight is 288 g/mol. The lowest BCUT2D eigenvalue weighted by Gasteiger charge is -2.35. The molecule has 1 N–H and O–H groups in total. The molecule has 1 amide bonds.